The van der Waals surface area contributed by atoms with Gasteiger partial charge < -0.3 is 25.2 Å². The van der Waals surface area contributed by atoms with Crippen molar-refractivity contribution < 1.29 is 24.2 Å². The van der Waals surface area contributed by atoms with Gasteiger partial charge in [-0.1, -0.05) is 19.1 Å². The first-order valence-electron chi connectivity index (χ1n) is 8.41. The van der Waals surface area contributed by atoms with Crippen LogP contribution in [0.15, 0.2) is 12.2 Å². The molecule has 1 aliphatic rings. The van der Waals surface area contributed by atoms with Crippen LogP contribution in [-0.2, 0) is 14.3 Å². The molecule has 1 rings (SSSR count). The van der Waals surface area contributed by atoms with E-state index in [0.29, 0.717) is 19.4 Å². The normalized spacial score (nSPS) is 22.9. The molecule has 7 heteroatoms. The van der Waals surface area contributed by atoms with Gasteiger partial charge in [-0.25, -0.2) is 4.79 Å². The van der Waals surface area contributed by atoms with Crippen molar-refractivity contribution in [2.45, 2.75) is 70.7 Å². The van der Waals surface area contributed by atoms with Gasteiger partial charge in [0.25, 0.3) is 0 Å². The monoisotopic (exact) mass is 342 g/mol. The summed E-state index contributed by atoms with van der Waals surface area (Å²) in [6.45, 7) is 7.89. The molecule has 2 unspecified atom stereocenters. The Hall–Kier alpha value is -1.60. The largest absolute Gasteiger partial charge is 0.444 e. The van der Waals surface area contributed by atoms with E-state index < -0.39 is 23.8 Å². The molecule has 1 heterocycles. The molecule has 0 aliphatic carbocycles. The van der Waals surface area contributed by atoms with Gasteiger partial charge in [-0.05, 0) is 33.6 Å². The molecule has 0 aromatic heterocycles. The van der Waals surface area contributed by atoms with Gasteiger partial charge in [0, 0.05) is 12.5 Å². The minimum Gasteiger partial charge on any atom is -0.444 e. The van der Waals surface area contributed by atoms with Crippen molar-refractivity contribution in [1.82, 2.24) is 10.6 Å². The number of rotatable bonds is 5. The number of alkyl carbamates (subject to hydrolysis) is 1. The number of nitrogens with one attached hydrogen (secondary N) is 2. The lowest BCUT2D eigenvalue weighted by molar-refractivity contribution is -0.123. The maximum atomic E-state index is 12.2. The van der Waals surface area contributed by atoms with Crippen molar-refractivity contribution in [3.63, 3.8) is 0 Å². The Kier molecular flexibility index (Phi) is 8.21. The lowest BCUT2D eigenvalue weighted by Gasteiger charge is -2.26. The van der Waals surface area contributed by atoms with Gasteiger partial charge >= 0.3 is 6.09 Å². The summed E-state index contributed by atoms with van der Waals surface area (Å²) in [4.78, 5) is 24.0. The summed E-state index contributed by atoms with van der Waals surface area (Å²) in [5.74, 6) is -0.226. The highest BCUT2D eigenvalue weighted by atomic mass is 16.6. The van der Waals surface area contributed by atoms with Crippen LogP contribution in [0.2, 0.25) is 0 Å². The van der Waals surface area contributed by atoms with E-state index in [9.17, 15) is 14.7 Å². The molecule has 2 amide bonds. The highest BCUT2D eigenvalue weighted by Crippen LogP contribution is 2.09. The van der Waals surface area contributed by atoms with E-state index in [1.54, 1.807) is 20.8 Å². The summed E-state index contributed by atoms with van der Waals surface area (Å²) >= 11 is 0. The number of aliphatic hydroxyl groups is 1. The minimum absolute atomic E-state index is 0.129. The van der Waals surface area contributed by atoms with E-state index in [-0.39, 0.29) is 25.0 Å². The Labute approximate surface area is 143 Å². The van der Waals surface area contributed by atoms with Crippen molar-refractivity contribution in [3.05, 3.63) is 12.2 Å². The predicted molar refractivity (Wildman–Crippen MR) is 90.6 cm³/mol. The predicted octanol–water partition coefficient (Wildman–Crippen LogP) is 1.50. The van der Waals surface area contributed by atoms with Crippen LogP contribution in [0.4, 0.5) is 4.79 Å². The minimum atomic E-state index is -0.752. The molecule has 0 spiro atoms. The molecule has 0 saturated carbocycles. The van der Waals surface area contributed by atoms with E-state index in [2.05, 4.69) is 10.6 Å². The van der Waals surface area contributed by atoms with Crippen molar-refractivity contribution in [2.75, 3.05) is 13.2 Å². The number of carbonyl (C=O) groups excluding carboxylic acids is 2. The van der Waals surface area contributed by atoms with Crippen LogP contribution in [0.1, 0.15) is 47.0 Å². The molecule has 3 atom stereocenters. The molecule has 0 aromatic rings. The lowest BCUT2D eigenvalue weighted by atomic mass is 10.1. The Balaban J connectivity index is 2.49. The van der Waals surface area contributed by atoms with Crippen LogP contribution in [0.25, 0.3) is 0 Å². The van der Waals surface area contributed by atoms with Crippen LogP contribution in [0, 0.1) is 0 Å². The van der Waals surface area contributed by atoms with Crippen molar-refractivity contribution in [2.24, 2.45) is 0 Å². The summed E-state index contributed by atoms with van der Waals surface area (Å²) < 4.78 is 10.4. The standard InChI is InChI=1S/C17H30N2O5/c1-5-12(18-16(22)24-17(2,3)4)10-15(21)19-13-8-6-7-9-23-11-14(13)20/h6-7,12-14,20H,5,8-11H2,1-4H3,(H,18,22)(H,19,21)/t12?,13?,14-/m1/s1. The van der Waals surface area contributed by atoms with E-state index in [1.807, 2.05) is 19.1 Å². The SMILES string of the molecule is CCC(CC(=O)NC1CC=CCOC[C@H]1O)NC(=O)OC(C)(C)C. The third-order valence-electron chi connectivity index (χ3n) is 3.52. The maximum Gasteiger partial charge on any atom is 0.407 e. The maximum absolute atomic E-state index is 12.2. The fourth-order valence-electron chi connectivity index (χ4n) is 2.26. The zero-order chi connectivity index (χ0) is 18.2. The second-order valence-corrected chi connectivity index (χ2v) is 6.94. The number of hydrogen-bond acceptors (Lipinski definition) is 5. The molecular formula is C17H30N2O5. The Morgan fingerprint density at radius 1 is 1.38 bits per heavy atom. The number of amides is 2. The number of ether oxygens (including phenoxy) is 2. The summed E-state index contributed by atoms with van der Waals surface area (Å²) in [6, 6.07) is -0.717. The second-order valence-electron chi connectivity index (χ2n) is 6.94. The van der Waals surface area contributed by atoms with E-state index in [1.165, 1.54) is 0 Å². The Bertz CT molecular complexity index is 445. The van der Waals surface area contributed by atoms with Crippen LogP contribution >= 0.6 is 0 Å². The molecule has 138 valence electrons. The molecule has 24 heavy (non-hydrogen) atoms. The molecular weight excluding hydrogens is 312 g/mol. The van der Waals surface area contributed by atoms with E-state index in [0.717, 1.165) is 0 Å². The van der Waals surface area contributed by atoms with E-state index >= 15 is 0 Å². The molecule has 1 aliphatic heterocycles. The topological polar surface area (TPSA) is 96.9 Å². The van der Waals surface area contributed by atoms with E-state index in [4.69, 9.17) is 9.47 Å². The van der Waals surface area contributed by atoms with Gasteiger partial charge in [0.05, 0.1) is 25.4 Å². The highest BCUT2D eigenvalue weighted by Gasteiger charge is 2.24. The average Bonchev–Trinajstić information content (AvgIpc) is 2.44. The third-order valence-corrected chi connectivity index (χ3v) is 3.52. The van der Waals surface area contributed by atoms with Gasteiger partial charge in [-0.2, -0.15) is 0 Å². The molecule has 0 fully saturated rings. The summed E-state index contributed by atoms with van der Waals surface area (Å²) in [7, 11) is 0. The number of hydrogen-bond donors (Lipinski definition) is 3. The molecule has 3 N–H and O–H groups in total. The number of aliphatic hydroxyl groups excluding tert-OH is 1. The third kappa shape index (κ3) is 8.31. The first kappa shape index (κ1) is 20.4. The summed E-state index contributed by atoms with van der Waals surface area (Å²) in [5.41, 5.74) is -0.583. The van der Waals surface area contributed by atoms with Crippen molar-refractivity contribution in [1.29, 1.82) is 0 Å². The van der Waals surface area contributed by atoms with Gasteiger partial charge in [0.15, 0.2) is 0 Å². The first-order chi connectivity index (χ1) is 11.2. The fraction of sp³-hybridized carbons (Fsp3) is 0.765. The molecule has 0 saturated heterocycles. The first-order valence-corrected chi connectivity index (χ1v) is 8.41. The zero-order valence-corrected chi connectivity index (χ0v) is 15.0. The highest BCUT2D eigenvalue weighted by molar-refractivity contribution is 5.78. The van der Waals surface area contributed by atoms with Crippen LogP contribution in [0.5, 0.6) is 0 Å². The molecule has 7 nitrogen and oxygen atoms in total. The Morgan fingerprint density at radius 3 is 2.71 bits per heavy atom. The molecule has 0 aromatic carbocycles. The smallest absolute Gasteiger partial charge is 0.407 e. The molecule has 0 bridgehead atoms. The van der Waals surface area contributed by atoms with Gasteiger partial charge in [-0.3, -0.25) is 4.79 Å². The average molecular weight is 342 g/mol. The van der Waals surface area contributed by atoms with Crippen molar-refractivity contribution in [3.8, 4) is 0 Å². The summed E-state index contributed by atoms with van der Waals surface area (Å²) in [6.07, 6.45) is 3.73. The van der Waals surface area contributed by atoms with Crippen molar-refractivity contribution >= 4 is 12.0 Å². The summed E-state index contributed by atoms with van der Waals surface area (Å²) in [5, 5.41) is 15.5. The van der Waals surface area contributed by atoms with Gasteiger partial charge in [-0.15, -0.1) is 0 Å². The van der Waals surface area contributed by atoms with Crippen LogP contribution in [0.3, 0.4) is 0 Å². The van der Waals surface area contributed by atoms with Crippen LogP contribution in [-0.4, -0.2) is 54.1 Å². The lowest BCUT2D eigenvalue weighted by Crippen LogP contribution is -2.48. The fourth-order valence-corrected chi connectivity index (χ4v) is 2.26. The molecule has 0 radical (unpaired) electrons. The van der Waals surface area contributed by atoms with Crippen LogP contribution < -0.4 is 10.6 Å². The second kappa shape index (κ2) is 9.64. The van der Waals surface area contributed by atoms with Gasteiger partial charge in [0.1, 0.15) is 5.60 Å². The quantitative estimate of drug-likeness (QED) is 0.658. The number of carbonyl (C=O) groups is 2. The Morgan fingerprint density at radius 2 is 2.08 bits per heavy atom. The van der Waals surface area contributed by atoms with Gasteiger partial charge in [0.2, 0.25) is 5.91 Å². The zero-order valence-electron chi connectivity index (χ0n) is 15.0.